The second kappa shape index (κ2) is 4.87. The molecular weight excluding hydrogens is 290 g/mol. The summed E-state index contributed by atoms with van der Waals surface area (Å²) in [5.74, 6) is -0.386. The van der Waals surface area contributed by atoms with Crippen LogP contribution in [-0.2, 0) is 11.3 Å². The Balaban J connectivity index is 2.97. The molecule has 17 heavy (non-hydrogen) atoms. The third-order valence-corrected chi connectivity index (χ3v) is 2.40. The van der Waals surface area contributed by atoms with Crippen molar-refractivity contribution < 1.29 is 4.79 Å². The summed E-state index contributed by atoms with van der Waals surface area (Å²) in [6.45, 7) is 5.15. The van der Waals surface area contributed by atoms with Crippen LogP contribution in [0, 0.1) is 0 Å². The summed E-state index contributed by atoms with van der Waals surface area (Å²) in [5, 5.41) is 2.67. The second-order valence-corrected chi connectivity index (χ2v) is 5.49. The highest BCUT2D eigenvalue weighted by Crippen LogP contribution is 1.99. The minimum Gasteiger partial charge on any atom is -0.350 e. The lowest BCUT2D eigenvalue weighted by Gasteiger charge is -2.20. The first-order valence-electron chi connectivity index (χ1n) is 5.00. The summed E-state index contributed by atoms with van der Waals surface area (Å²) in [4.78, 5) is 37.0. The smallest absolute Gasteiger partial charge is 0.328 e. The van der Waals surface area contributed by atoms with E-state index in [9.17, 15) is 14.4 Å². The third kappa shape index (κ3) is 3.85. The quantitative estimate of drug-likeness (QED) is 0.819. The van der Waals surface area contributed by atoms with Gasteiger partial charge in [0.25, 0.3) is 5.56 Å². The summed E-state index contributed by atoms with van der Waals surface area (Å²) >= 11 is 3.00. The van der Waals surface area contributed by atoms with Gasteiger partial charge in [-0.15, -0.1) is 0 Å². The van der Waals surface area contributed by atoms with Crippen molar-refractivity contribution in [3.05, 3.63) is 31.5 Å². The fourth-order valence-corrected chi connectivity index (χ4v) is 1.56. The van der Waals surface area contributed by atoms with Crippen LogP contribution in [0.5, 0.6) is 0 Å². The van der Waals surface area contributed by atoms with E-state index in [0.717, 1.165) is 4.57 Å². The fraction of sp³-hybridized carbons (Fsp3) is 0.500. The fourth-order valence-electron chi connectivity index (χ4n) is 1.23. The van der Waals surface area contributed by atoms with E-state index < -0.39 is 16.8 Å². The molecule has 0 radical (unpaired) electrons. The van der Waals surface area contributed by atoms with E-state index >= 15 is 0 Å². The number of hydrogen-bond acceptors (Lipinski definition) is 3. The van der Waals surface area contributed by atoms with Crippen LogP contribution in [-0.4, -0.2) is 21.0 Å². The number of nitrogens with zero attached hydrogens (tertiary/aromatic N) is 1. The number of carbonyl (C=O) groups excluding carboxylic acids is 1. The van der Waals surface area contributed by atoms with Gasteiger partial charge in [0.15, 0.2) is 0 Å². The average molecular weight is 304 g/mol. The number of carbonyl (C=O) groups is 1. The Morgan fingerprint density at radius 3 is 2.59 bits per heavy atom. The van der Waals surface area contributed by atoms with Gasteiger partial charge in [0.2, 0.25) is 5.91 Å². The predicted molar refractivity (Wildman–Crippen MR) is 66.9 cm³/mol. The van der Waals surface area contributed by atoms with Crippen LogP contribution in [0.3, 0.4) is 0 Å². The van der Waals surface area contributed by atoms with Crippen LogP contribution in [0.15, 0.2) is 20.3 Å². The second-order valence-electron chi connectivity index (χ2n) is 4.63. The van der Waals surface area contributed by atoms with Crippen LogP contribution in [0.25, 0.3) is 0 Å². The molecule has 0 bridgehead atoms. The van der Waals surface area contributed by atoms with Crippen molar-refractivity contribution >= 4 is 21.8 Å². The van der Waals surface area contributed by atoms with Gasteiger partial charge in [-0.3, -0.25) is 9.59 Å². The van der Waals surface area contributed by atoms with Gasteiger partial charge in [0, 0.05) is 11.7 Å². The minimum absolute atomic E-state index is 0.209. The van der Waals surface area contributed by atoms with Gasteiger partial charge < -0.3 is 10.3 Å². The Morgan fingerprint density at radius 2 is 2.06 bits per heavy atom. The third-order valence-electron chi connectivity index (χ3n) is 1.83. The molecule has 1 aromatic heterocycles. The highest BCUT2D eigenvalue weighted by molar-refractivity contribution is 9.10. The minimum atomic E-state index is -0.609. The number of amides is 1. The molecule has 94 valence electrons. The molecule has 7 heteroatoms. The molecule has 0 atom stereocenters. The zero-order valence-electron chi connectivity index (χ0n) is 9.83. The van der Waals surface area contributed by atoms with E-state index in [1.54, 1.807) is 0 Å². The number of aromatic amines is 1. The van der Waals surface area contributed by atoms with Crippen molar-refractivity contribution in [1.82, 2.24) is 14.9 Å². The van der Waals surface area contributed by atoms with E-state index in [4.69, 9.17) is 0 Å². The van der Waals surface area contributed by atoms with Gasteiger partial charge in [-0.25, -0.2) is 9.36 Å². The van der Waals surface area contributed by atoms with Crippen molar-refractivity contribution in [3.8, 4) is 0 Å². The molecule has 0 spiro atoms. The lowest BCUT2D eigenvalue weighted by molar-refractivity contribution is -0.123. The normalized spacial score (nSPS) is 11.3. The largest absolute Gasteiger partial charge is 0.350 e. The SMILES string of the molecule is CC(C)(C)NC(=O)Cn1c(=O)[nH]cc(Br)c1=O. The first-order valence-corrected chi connectivity index (χ1v) is 5.79. The summed E-state index contributed by atoms with van der Waals surface area (Å²) in [6, 6.07) is 0. The van der Waals surface area contributed by atoms with E-state index in [-0.39, 0.29) is 16.9 Å². The van der Waals surface area contributed by atoms with Crippen LogP contribution in [0.4, 0.5) is 0 Å². The van der Waals surface area contributed by atoms with Gasteiger partial charge in [-0.2, -0.15) is 0 Å². The summed E-state index contributed by atoms with van der Waals surface area (Å²) in [5.41, 5.74) is -1.54. The molecular formula is C10H14BrN3O3. The number of hydrogen-bond donors (Lipinski definition) is 2. The van der Waals surface area contributed by atoms with Crippen molar-refractivity contribution in [2.24, 2.45) is 0 Å². The molecule has 0 fully saturated rings. The highest BCUT2D eigenvalue weighted by Gasteiger charge is 2.16. The number of rotatable bonds is 2. The van der Waals surface area contributed by atoms with Crippen molar-refractivity contribution in [1.29, 1.82) is 0 Å². The molecule has 0 aromatic carbocycles. The first kappa shape index (κ1) is 13.7. The van der Waals surface area contributed by atoms with Gasteiger partial charge in [-0.1, -0.05) is 0 Å². The zero-order valence-corrected chi connectivity index (χ0v) is 11.4. The van der Waals surface area contributed by atoms with Crippen molar-refractivity contribution in [2.45, 2.75) is 32.9 Å². The van der Waals surface area contributed by atoms with E-state index in [1.165, 1.54) is 6.20 Å². The number of aromatic nitrogens is 2. The van der Waals surface area contributed by atoms with Gasteiger partial charge in [0.1, 0.15) is 6.54 Å². The van der Waals surface area contributed by atoms with Gasteiger partial charge >= 0.3 is 5.69 Å². The highest BCUT2D eigenvalue weighted by atomic mass is 79.9. The molecule has 0 saturated heterocycles. The maximum atomic E-state index is 11.6. The Hall–Kier alpha value is -1.37. The maximum absolute atomic E-state index is 11.6. The molecule has 0 aliphatic rings. The molecule has 2 N–H and O–H groups in total. The number of halogens is 1. The van der Waals surface area contributed by atoms with E-state index in [2.05, 4.69) is 26.2 Å². The molecule has 0 aliphatic carbocycles. The molecule has 0 saturated carbocycles. The molecule has 0 aliphatic heterocycles. The molecule has 1 amide bonds. The number of nitrogens with one attached hydrogen (secondary N) is 2. The van der Waals surface area contributed by atoms with Gasteiger partial charge in [-0.05, 0) is 36.7 Å². The average Bonchev–Trinajstić information content (AvgIpc) is 2.16. The monoisotopic (exact) mass is 303 g/mol. The van der Waals surface area contributed by atoms with Crippen molar-refractivity contribution in [2.75, 3.05) is 0 Å². The Kier molecular flexibility index (Phi) is 3.92. The molecule has 1 aromatic rings. The Bertz CT molecular complexity index is 539. The van der Waals surface area contributed by atoms with Crippen LogP contribution in [0.2, 0.25) is 0 Å². The number of H-pyrrole nitrogens is 1. The molecule has 6 nitrogen and oxygen atoms in total. The standard InChI is InChI=1S/C10H14BrN3O3/c1-10(2,3)13-7(15)5-14-8(16)6(11)4-12-9(14)17/h4H,5H2,1-3H3,(H,12,17)(H,13,15). The summed E-state index contributed by atoms with van der Waals surface area (Å²) in [6.07, 6.45) is 1.25. The molecule has 1 rings (SSSR count). The summed E-state index contributed by atoms with van der Waals surface area (Å²) in [7, 11) is 0. The summed E-state index contributed by atoms with van der Waals surface area (Å²) < 4.78 is 1.05. The maximum Gasteiger partial charge on any atom is 0.328 e. The predicted octanol–water partition coefficient (Wildman–Crippen LogP) is 0.214. The Labute approximate surface area is 106 Å². The molecule has 0 unspecified atom stereocenters. The van der Waals surface area contributed by atoms with E-state index in [1.807, 2.05) is 20.8 Å². The zero-order chi connectivity index (χ0) is 13.2. The lowest BCUT2D eigenvalue weighted by Crippen LogP contribution is -2.46. The van der Waals surface area contributed by atoms with Crippen molar-refractivity contribution in [3.63, 3.8) is 0 Å². The topological polar surface area (TPSA) is 84.0 Å². The van der Waals surface area contributed by atoms with Crippen LogP contribution >= 0.6 is 15.9 Å². The van der Waals surface area contributed by atoms with Crippen LogP contribution < -0.4 is 16.6 Å². The van der Waals surface area contributed by atoms with E-state index in [0.29, 0.717) is 0 Å². The Morgan fingerprint density at radius 1 is 1.47 bits per heavy atom. The molecule has 1 heterocycles. The van der Waals surface area contributed by atoms with Gasteiger partial charge in [0.05, 0.1) is 4.47 Å². The lowest BCUT2D eigenvalue weighted by atomic mass is 10.1. The first-order chi connectivity index (χ1) is 7.70. The van der Waals surface area contributed by atoms with Crippen LogP contribution in [0.1, 0.15) is 20.8 Å².